The number of aromatic nitrogens is 1. The van der Waals surface area contributed by atoms with Gasteiger partial charge in [-0.15, -0.1) is 11.3 Å². The van der Waals surface area contributed by atoms with Crippen molar-refractivity contribution in [1.29, 1.82) is 0 Å². The Kier molecular flexibility index (Phi) is 5.33. The quantitative estimate of drug-likeness (QED) is 0.485. The summed E-state index contributed by atoms with van der Waals surface area (Å²) in [7, 11) is 1.46. The van der Waals surface area contributed by atoms with Crippen LogP contribution in [-0.4, -0.2) is 22.9 Å². The van der Waals surface area contributed by atoms with Gasteiger partial charge in [-0.2, -0.15) is 0 Å². The summed E-state index contributed by atoms with van der Waals surface area (Å²) in [6.07, 6.45) is 0. The molecule has 7 nitrogen and oxygen atoms in total. The van der Waals surface area contributed by atoms with Crippen LogP contribution < -0.4 is 10.1 Å². The van der Waals surface area contributed by atoms with Gasteiger partial charge in [0, 0.05) is 22.6 Å². The molecule has 138 valence electrons. The highest BCUT2D eigenvalue weighted by Gasteiger charge is 2.18. The van der Waals surface area contributed by atoms with E-state index in [1.54, 1.807) is 5.38 Å². The van der Waals surface area contributed by atoms with Gasteiger partial charge in [0.25, 0.3) is 11.6 Å². The lowest BCUT2D eigenvalue weighted by atomic mass is 10.1. The lowest BCUT2D eigenvalue weighted by Gasteiger charge is -2.06. The van der Waals surface area contributed by atoms with E-state index < -0.39 is 16.6 Å². The highest BCUT2D eigenvalue weighted by Crippen LogP contribution is 2.33. The molecule has 0 fully saturated rings. The third-order valence-corrected chi connectivity index (χ3v) is 4.64. The van der Waals surface area contributed by atoms with Crippen molar-refractivity contribution >= 4 is 39.7 Å². The summed E-state index contributed by atoms with van der Waals surface area (Å²) in [5.41, 5.74) is 0.560. The van der Waals surface area contributed by atoms with Crippen LogP contribution in [0.15, 0.2) is 41.8 Å². The number of nitrogens with one attached hydrogen (secondary N) is 1. The molecule has 0 aliphatic heterocycles. The zero-order chi connectivity index (χ0) is 19.6. The third kappa shape index (κ3) is 4.04. The summed E-state index contributed by atoms with van der Waals surface area (Å²) in [6.45, 7) is 0. The molecule has 0 radical (unpaired) electrons. The summed E-state index contributed by atoms with van der Waals surface area (Å²) in [6, 6.07) is 7.76. The molecule has 3 rings (SSSR count). The predicted molar refractivity (Wildman–Crippen MR) is 100 cm³/mol. The molecule has 1 aromatic heterocycles. The van der Waals surface area contributed by atoms with Crippen molar-refractivity contribution in [3.8, 4) is 17.0 Å². The molecule has 2 aromatic carbocycles. The van der Waals surface area contributed by atoms with Crippen molar-refractivity contribution < 1.29 is 18.8 Å². The maximum absolute atomic E-state index is 13.5. The smallest absolute Gasteiger partial charge is 0.288 e. The number of methoxy groups -OCH3 is 1. The number of nitro benzene ring substituents is 1. The second-order valence-electron chi connectivity index (χ2n) is 5.26. The molecule has 0 aliphatic rings. The summed E-state index contributed by atoms with van der Waals surface area (Å²) in [4.78, 5) is 26.8. The summed E-state index contributed by atoms with van der Waals surface area (Å²) in [5, 5.41) is 15.3. The van der Waals surface area contributed by atoms with E-state index in [9.17, 15) is 19.3 Å². The van der Waals surface area contributed by atoms with Crippen molar-refractivity contribution in [2.75, 3.05) is 12.4 Å². The normalized spacial score (nSPS) is 10.5. The van der Waals surface area contributed by atoms with E-state index in [-0.39, 0.29) is 21.4 Å². The Hall–Kier alpha value is -3.04. The second-order valence-corrected chi connectivity index (χ2v) is 6.53. The fraction of sp³-hybridized carbons (Fsp3) is 0.0588. The zero-order valence-electron chi connectivity index (χ0n) is 13.7. The SMILES string of the molecule is COc1ccc(F)cc1-c1csc(NC(=O)c2ccc(Cl)c([N+](=O)[O-])c2)n1. The van der Waals surface area contributed by atoms with E-state index in [2.05, 4.69) is 10.3 Å². The van der Waals surface area contributed by atoms with Crippen molar-refractivity contribution in [2.45, 2.75) is 0 Å². The van der Waals surface area contributed by atoms with Crippen LogP contribution in [0.5, 0.6) is 5.75 Å². The Morgan fingerprint density at radius 3 is 2.81 bits per heavy atom. The van der Waals surface area contributed by atoms with Crippen LogP contribution in [-0.2, 0) is 0 Å². The maximum Gasteiger partial charge on any atom is 0.288 e. The average molecular weight is 408 g/mol. The summed E-state index contributed by atoms with van der Waals surface area (Å²) in [5.74, 6) is -0.590. The van der Waals surface area contributed by atoms with Crippen LogP contribution in [0.1, 0.15) is 10.4 Å². The zero-order valence-corrected chi connectivity index (χ0v) is 15.3. The number of carbonyl (C=O) groups excluding carboxylic acids is 1. The topological polar surface area (TPSA) is 94.4 Å². The number of benzene rings is 2. The maximum atomic E-state index is 13.5. The summed E-state index contributed by atoms with van der Waals surface area (Å²) < 4.78 is 18.7. The van der Waals surface area contributed by atoms with Gasteiger partial charge in [-0.3, -0.25) is 20.2 Å². The number of thiazole rings is 1. The highest BCUT2D eigenvalue weighted by molar-refractivity contribution is 7.14. The molecule has 3 aromatic rings. The Bertz CT molecular complexity index is 1040. The molecule has 0 unspecified atom stereocenters. The highest BCUT2D eigenvalue weighted by atomic mass is 35.5. The van der Waals surface area contributed by atoms with E-state index in [1.807, 2.05) is 0 Å². The Labute approximate surface area is 161 Å². The van der Waals surface area contributed by atoms with Crippen LogP contribution >= 0.6 is 22.9 Å². The van der Waals surface area contributed by atoms with Crippen LogP contribution in [0.3, 0.4) is 0 Å². The molecule has 0 aliphatic carbocycles. The molecule has 0 bridgehead atoms. The molecule has 0 spiro atoms. The monoisotopic (exact) mass is 407 g/mol. The number of hydrogen-bond acceptors (Lipinski definition) is 6. The first-order valence-electron chi connectivity index (χ1n) is 7.43. The van der Waals surface area contributed by atoms with Gasteiger partial charge in [0.2, 0.25) is 0 Å². The number of carbonyl (C=O) groups is 1. The standard InChI is InChI=1S/C17H11ClFN3O4S/c1-26-15-5-3-10(19)7-11(15)13-8-27-17(20-13)21-16(23)9-2-4-12(18)14(6-9)22(24)25/h2-8H,1H3,(H,20,21,23). The van der Waals surface area contributed by atoms with Gasteiger partial charge in [-0.25, -0.2) is 9.37 Å². The fourth-order valence-electron chi connectivity index (χ4n) is 2.30. The molecule has 0 saturated heterocycles. The first kappa shape index (κ1) is 18.7. The molecule has 0 saturated carbocycles. The number of rotatable bonds is 5. The first-order chi connectivity index (χ1) is 12.9. The van der Waals surface area contributed by atoms with Gasteiger partial charge in [0.05, 0.1) is 17.7 Å². The van der Waals surface area contributed by atoms with E-state index in [1.165, 1.54) is 37.4 Å². The van der Waals surface area contributed by atoms with Gasteiger partial charge < -0.3 is 4.74 Å². The van der Waals surface area contributed by atoms with Crippen LogP contribution in [0.4, 0.5) is 15.2 Å². The number of anilines is 1. The Morgan fingerprint density at radius 1 is 1.33 bits per heavy atom. The Morgan fingerprint density at radius 2 is 2.11 bits per heavy atom. The van der Waals surface area contributed by atoms with E-state index in [0.717, 1.165) is 17.4 Å². The van der Waals surface area contributed by atoms with Gasteiger partial charge in [-0.1, -0.05) is 11.6 Å². The van der Waals surface area contributed by atoms with Gasteiger partial charge in [-0.05, 0) is 30.3 Å². The molecule has 1 amide bonds. The molecule has 1 heterocycles. The minimum atomic E-state index is -0.670. The number of nitrogens with zero attached hydrogens (tertiary/aromatic N) is 2. The number of halogens is 2. The van der Waals surface area contributed by atoms with Crippen LogP contribution in [0.25, 0.3) is 11.3 Å². The number of ether oxygens (including phenoxy) is 1. The largest absolute Gasteiger partial charge is 0.496 e. The van der Waals surface area contributed by atoms with Crippen molar-refractivity contribution in [1.82, 2.24) is 4.98 Å². The minimum Gasteiger partial charge on any atom is -0.496 e. The third-order valence-electron chi connectivity index (χ3n) is 3.57. The molecular weight excluding hydrogens is 397 g/mol. The van der Waals surface area contributed by atoms with Gasteiger partial charge >= 0.3 is 0 Å². The molecule has 1 N–H and O–H groups in total. The van der Waals surface area contributed by atoms with E-state index >= 15 is 0 Å². The lowest BCUT2D eigenvalue weighted by molar-refractivity contribution is -0.384. The van der Waals surface area contributed by atoms with E-state index in [4.69, 9.17) is 16.3 Å². The van der Waals surface area contributed by atoms with Gasteiger partial charge in [0.15, 0.2) is 5.13 Å². The molecule has 0 atom stereocenters. The van der Waals surface area contributed by atoms with Crippen LogP contribution in [0.2, 0.25) is 5.02 Å². The Balaban J connectivity index is 1.84. The second kappa shape index (κ2) is 7.68. The average Bonchev–Trinajstić information content (AvgIpc) is 3.10. The summed E-state index contributed by atoms with van der Waals surface area (Å²) >= 11 is 6.87. The molecular formula is C17H11ClFN3O4S. The molecule has 27 heavy (non-hydrogen) atoms. The van der Waals surface area contributed by atoms with Crippen LogP contribution in [0, 0.1) is 15.9 Å². The number of hydrogen-bond donors (Lipinski definition) is 1. The number of amides is 1. The predicted octanol–water partition coefficient (Wildman–Crippen LogP) is 4.77. The van der Waals surface area contributed by atoms with Gasteiger partial charge in [0.1, 0.15) is 16.6 Å². The first-order valence-corrected chi connectivity index (χ1v) is 8.69. The fourth-order valence-corrected chi connectivity index (χ4v) is 3.19. The van der Waals surface area contributed by atoms with E-state index in [0.29, 0.717) is 17.0 Å². The number of nitro groups is 1. The lowest BCUT2D eigenvalue weighted by Crippen LogP contribution is -2.12. The van der Waals surface area contributed by atoms with Crippen molar-refractivity contribution in [2.24, 2.45) is 0 Å². The minimum absolute atomic E-state index is 0.0613. The van der Waals surface area contributed by atoms with Crippen molar-refractivity contribution in [3.63, 3.8) is 0 Å². The molecule has 10 heteroatoms. The van der Waals surface area contributed by atoms with Crippen molar-refractivity contribution in [3.05, 3.63) is 68.3 Å².